The number of piperidine rings is 1. The molecule has 0 unspecified atom stereocenters. The lowest BCUT2D eigenvalue weighted by molar-refractivity contribution is -0.134. The van der Waals surface area contributed by atoms with Gasteiger partial charge in [0.05, 0.1) is 25.2 Å². The number of nitrogens with zero attached hydrogens (tertiary/aromatic N) is 4. The molecule has 0 bridgehead atoms. The van der Waals surface area contributed by atoms with Crippen molar-refractivity contribution in [2.45, 2.75) is 32.1 Å². The quantitative estimate of drug-likeness (QED) is 0.815. The number of likely N-dealkylation sites (tertiary alicyclic amines) is 1. The summed E-state index contributed by atoms with van der Waals surface area (Å²) in [5.74, 6) is 0.0861. The number of hydrogen-bond acceptors (Lipinski definition) is 4. The van der Waals surface area contributed by atoms with E-state index >= 15 is 0 Å². The van der Waals surface area contributed by atoms with Gasteiger partial charge in [0.1, 0.15) is 6.10 Å². The molecule has 4 rings (SSSR count). The van der Waals surface area contributed by atoms with Crippen LogP contribution in [0.1, 0.15) is 40.7 Å². The molecule has 1 fully saturated rings. The Labute approximate surface area is 164 Å². The van der Waals surface area contributed by atoms with Gasteiger partial charge in [-0.05, 0) is 18.4 Å². The van der Waals surface area contributed by atoms with E-state index < -0.39 is 0 Å². The van der Waals surface area contributed by atoms with Crippen LogP contribution in [0.4, 0.5) is 0 Å². The topological polar surface area (TPSA) is 67.7 Å². The number of benzene rings is 1. The van der Waals surface area contributed by atoms with Crippen LogP contribution in [0, 0.1) is 5.92 Å². The summed E-state index contributed by atoms with van der Waals surface area (Å²) in [6, 6.07) is 10.1. The predicted molar refractivity (Wildman–Crippen MR) is 104 cm³/mol. The molecule has 2 aromatic rings. The van der Waals surface area contributed by atoms with Crippen LogP contribution in [-0.4, -0.2) is 58.4 Å². The SMILES string of the molecule is CN(C)C(=O)C1CCN(C(=O)c2ncn3c2CO[C@H](c2ccccc2)C3)CC1. The largest absolute Gasteiger partial charge is 0.365 e. The number of imidazole rings is 1. The molecule has 2 amide bonds. The van der Waals surface area contributed by atoms with Gasteiger partial charge in [-0.2, -0.15) is 0 Å². The Kier molecular flexibility index (Phi) is 5.17. The van der Waals surface area contributed by atoms with Gasteiger partial charge in [0.2, 0.25) is 5.91 Å². The molecule has 148 valence electrons. The van der Waals surface area contributed by atoms with Gasteiger partial charge in [-0.15, -0.1) is 0 Å². The van der Waals surface area contributed by atoms with E-state index in [1.807, 2.05) is 27.7 Å². The molecule has 0 spiro atoms. The van der Waals surface area contributed by atoms with Crippen LogP contribution in [-0.2, 0) is 22.7 Å². The molecular weight excluding hydrogens is 356 g/mol. The van der Waals surface area contributed by atoms with Crippen molar-refractivity contribution in [2.75, 3.05) is 27.2 Å². The lowest BCUT2D eigenvalue weighted by Crippen LogP contribution is -2.43. The second-order valence-electron chi connectivity index (χ2n) is 7.70. The van der Waals surface area contributed by atoms with Gasteiger partial charge in [0, 0.05) is 33.1 Å². The first-order valence-corrected chi connectivity index (χ1v) is 9.75. The standard InChI is InChI=1S/C21H26N4O3/c1-23(2)20(26)16-8-10-24(11-9-16)21(27)19-17-13-28-18(12-25(17)14-22-19)15-6-4-3-5-7-15/h3-7,14,16,18H,8-13H2,1-2H3/t18-/m0/s1. The van der Waals surface area contributed by atoms with E-state index in [4.69, 9.17) is 4.74 Å². The van der Waals surface area contributed by atoms with E-state index in [2.05, 4.69) is 17.1 Å². The van der Waals surface area contributed by atoms with Gasteiger partial charge in [0.15, 0.2) is 5.69 Å². The zero-order valence-corrected chi connectivity index (χ0v) is 16.4. The molecule has 0 saturated carbocycles. The number of carbonyl (C=O) groups excluding carboxylic acids is 2. The van der Waals surface area contributed by atoms with Gasteiger partial charge < -0.3 is 19.1 Å². The molecule has 7 nitrogen and oxygen atoms in total. The zero-order chi connectivity index (χ0) is 19.7. The summed E-state index contributed by atoms with van der Waals surface area (Å²) in [4.78, 5) is 33.0. The monoisotopic (exact) mass is 382 g/mol. The highest BCUT2D eigenvalue weighted by Crippen LogP contribution is 2.28. The van der Waals surface area contributed by atoms with Gasteiger partial charge in [-0.25, -0.2) is 4.98 Å². The smallest absolute Gasteiger partial charge is 0.274 e. The summed E-state index contributed by atoms with van der Waals surface area (Å²) >= 11 is 0. The van der Waals surface area contributed by atoms with Crippen molar-refractivity contribution in [3.63, 3.8) is 0 Å². The van der Waals surface area contributed by atoms with Crippen molar-refractivity contribution in [3.8, 4) is 0 Å². The summed E-state index contributed by atoms with van der Waals surface area (Å²) in [7, 11) is 3.56. The molecule has 0 aliphatic carbocycles. The van der Waals surface area contributed by atoms with E-state index in [1.54, 1.807) is 25.3 Å². The van der Waals surface area contributed by atoms with Crippen LogP contribution in [0.3, 0.4) is 0 Å². The average molecular weight is 382 g/mol. The number of aromatic nitrogens is 2. The van der Waals surface area contributed by atoms with E-state index in [9.17, 15) is 9.59 Å². The molecule has 0 radical (unpaired) electrons. The fourth-order valence-corrected chi connectivity index (χ4v) is 4.02. The molecule has 7 heteroatoms. The maximum Gasteiger partial charge on any atom is 0.274 e. The Morgan fingerprint density at radius 1 is 1.14 bits per heavy atom. The summed E-state index contributed by atoms with van der Waals surface area (Å²) in [6.45, 7) is 2.20. The Balaban J connectivity index is 1.42. The van der Waals surface area contributed by atoms with E-state index in [0.717, 1.165) is 11.3 Å². The van der Waals surface area contributed by atoms with Crippen molar-refractivity contribution in [3.05, 3.63) is 53.6 Å². The van der Waals surface area contributed by atoms with E-state index in [-0.39, 0.29) is 23.8 Å². The van der Waals surface area contributed by atoms with Crippen LogP contribution in [0.25, 0.3) is 0 Å². The van der Waals surface area contributed by atoms with Gasteiger partial charge in [-0.1, -0.05) is 30.3 Å². The summed E-state index contributed by atoms with van der Waals surface area (Å²) < 4.78 is 8.04. The third-order valence-corrected chi connectivity index (χ3v) is 5.68. The molecule has 0 N–H and O–H groups in total. The van der Waals surface area contributed by atoms with Gasteiger partial charge in [-0.3, -0.25) is 9.59 Å². The summed E-state index contributed by atoms with van der Waals surface area (Å²) in [5, 5.41) is 0. The van der Waals surface area contributed by atoms with Crippen molar-refractivity contribution in [1.82, 2.24) is 19.4 Å². The van der Waals surface area contributed by atoms with Crippen molar-refractivity contribution >= 4 is 11.8 Å². The average Bonchev–Trinajstić information content (AvgIpc) is 3.16. The molecule has 1 aromatic heterocycles. The number of rotatable bonds is 3. The second kappa shape index (κ2) is 7.75. The molecule has 1 aromatic carbocycles. The Hall–Kier alpha value is -2.67. The molecule has 2 aliphatic rings. The molecule has 2 aliphatic heterocycles. The maximum absolute atomic E-state index is 13.0. The number of fused-ring (bicyclic) bond motifs is 1. The zero-order valence-electron chi connectivity index (χ0n) is 16.4. The number of amides is 2. The fraction of sp³-hybridized carbons (Fsp3) is 0.476. The molecule has 1 saturated heterocycles. The number of hydrogen-bond donors (Lipinski definition) is 0. The van der Waals surface area contributed by atoms with E-state index in [0.29, 0.717) is 44.8 Å². The minimum Gasteiger partial charge on any atom is -0.365 e. The third-order valence-electron chi connectivity index (χ3n) is 5.68. The van der Waals surface area contributed by atoms with Crippen molar-refractivity contribution in [2.24, 2.45) is 5.92 Å². The van der Waals surface area contributed by atoms with Crippen molar-refractivity contribution < 1.29 is 14.3 Å². The first-order valence-electron chi connectivity index (χ1n) is 9.75. The van der Waals surface area contributed by atoms with Gasteiger partial charge >= 0.3 is 0 Å². The number of carbonyl (C=O) groups is 2. The summed E-state index contributed by atoms with van der Waals surface area (Å²) in [6.07, 6.45) is 3.11. The molecule has 28 heavy (non-hydrogen) atoms. The first-order chi connectivity index (χ1) is 13.5. The number of ether oxygens (including phenoxy) is 1. The highest BCUT2D eigenvalue weighted by atomic mass is 16.5. The summed E-state index contributed by atoms with van der Waals surface area (Å²) in [5.41, 5.74) is 2.44. The fourth-order valence-electron chi connectivity index (χ4n) is 4.02. The minimum atomic E-state index is -0.0636. The Morgan fingerprint density at radius 2 is 1.86 bits per heavy atom. The van der Waals surface area contributed by atoms with Gasteiger partial charge in [0.25, 0.3) is 5.91 Å². The van der Waals surface area contributed by atoms with Crippen LogP contribution >= 0.6 is 0 Å². The molecule has 3 heterocycles. The molecular formula is C21H26N4O3. The van der Waals surface area contributed by atoms with Crippen LogP contribution in [0.5, 0.6) is 0 Å². The molecule has 1 atom stereocenters. The van der Waals surface area contributed by atoms with Crippen LogP contribution < -0.4 is 0 Å². The van der Waals surface area contributed by atoms with Crippen LogP contribution in [0.2, 0.25) is 0 Å². The highest BCUT2D eigenvalue weighted by molar-refractivity contribution is 5.93. The van der Waals surface area contributed by atoms with Crippen molar-refractivity contribution in [1.29, 1.82) is 0 Å². The Bertz CT molecular complexity index is 854. The lowest BCUT2D eigenvalue weighted by Gasteiger charge is -2.32. The van der Waals surface area contributed by atoms with E-state index in [1.165, 1.54) is 0 Å². The predicted octanol–water partition coefficient (Wildman–Crippen LogP) is 2.09. The maximum atomic E-state index is 13.0. The minimum absolute atomic E-state index is 0.00456. The second-order valence-corrected chi connectivity index (χ2v) is 7.70. The van der Waals surface area contributed by atoms with Crippen LogP contribution in [0.15, 0.2) is 36.7 Å². The third kappa shape index (κ3) is 3.54. The lowest BCUT2D eigenvalue weighted by atomic mass is 9.95. The first kappa shape index (κ1) is 18.7. The Morgan fingerprint density at radius 3 is 2.54 bits per heavy atom. The normalized spacial score (nSPS) is 19.9. The highest BCUT2D eigenvalue weighted by Gasteiger charge is 2.32.